The van der Waals surface area contributed by atoms with E-state index in [2.05, 4.69) is 4.98 Å². The zero-order valence-corrected chi connectivity index (χ0v) is 9.49. The van der Waals surface area contributed by atoms with Crippen molar-refractivity contribution in [3.8, 4) is 0 Å². The quantitative estimate of drug-likeness (QED) is 0.921. The highest BCUT2D eigenvalue weighted by atomic mass is 19.4. The summed E-state index contributed by atoms with van der Waals surface area (Å²) in [7, 11) is 1.46. The Morgan fingerprint density at radius 1 is 1.44 bits per heavy atom. The molecule has 1 unspecified atom stereocenters. The number of aromatic nitrogens is 1. The predicted octanol–water partition coefficient (Wildman–Crippen LogP) is 2.49. The Labute approximate surface area is 101 Å². The molecular formula is C11H11F3N2O2. The fourth-order valence-corrected chi connectivity index (χ4v) is 1.53. The Balaban J connectivity index is 2.40. The van der Waals surface area contributed by atoms with Crippen LogP contribution in [-0.2, 0) is 10.9 Å². The summed E-state index contributed by atoms with van der Waals surface area (Å²) < 4.78 is 47.6. The van der Waals surface area contributed by atoms with Gasteiger partial charge in [0.25, 0.3) is 0 Å². The maximum absolute atomic E-state index is 12.5. The molecule has 2 rings (SSSR count). The Bertz CT molecular complexity index is 551. The van der Waals surface area contributed by atoms with Gasteiger partial charge in [-0.3, -0.25) is 0 Å². The average molecular weight is 260 g/mol. The second-order valence-corrected chi connectivity index (χ2v) is 3.79. The molecule has 0 radical (unpaired) electrons. The maximum atomic E-state index is 12.5. The van der Waals surface area contributed by atoms with E-state index >= 15 is 0 Å². The standard InChI is InChI=1S/C11H11F3N2O2/c1-17-5-7(15)10-16-8-4-6(11(12,13)14)2-3-9(8)18-10/h2-4,7H,5,15H2,1H3. The van der Waals surface area contributed by atoms with Crippen LogP contribution in [0.2, 0.25) is 0 Å². The fourth-order valence-electron chi connectivity index (χ4n) is 1.53. The zero-order valence-electron chi connectivity index (χ0n) is 9.49. The fraction of sp³-hybridized carbons (Fsp3) is 0.364. The molecule has 0 saturated heterocycles. The molecule has 0 bridgehead atoms. The number of fused-ring (bicyclic) bond motifs is 1. The third-order valence-electron chi connectivity index (χ3n) is 2.39. The number of methoxy groups -OCH3 is 1. The summed E-state index contributed by atoms with van der Waals surface area (Å²) in [6, 6.07) is 2.51. The third kappa shape index (κ3) is 2.46. The zero-order chi connectivity index (χ0) is 13.3. The van der Waals surface area contributed by atoms with E-state index in [4.69, 9.17) is 14.9 Å². The van der Waals surface area contributed by atoms with Crippen LogP contribution in [0, 0.1) is 0 Å². The number of alkyl halides is 3. The van der Waals surface area contributed by atoms with Crippen molar-refractivity contribution in [3.63, 3.8) is 0 Å². The van der Waals surface area contributed by atoms with E-state index < -0.39 is 17.8 Å². The van der Waals surface area contributed by atoms with Crippen LogP contribution in [0.3, 0.4) is 0 Å². The highest BCUT2D eigenvalue weighted by Crippen LogP contribution is 2.31. The molecular weight excluding hydrogens is 249 g/mol. The van der Waals surface area contributed by atoms with Crippen LogP contribution in [0.4, 0.5) is 13.2 Å². The van der Waals surface area contributed by atoms with Crippen molar-refractivity contribution in [2.75, 3.05) is 13.7 Å². The molecule has 0 fully saturated rings. The summed E-state index contributed by atoms with van der Waals surface area (Å²) in [5.74, 6) is 0.158. The van der Waals surface area contributed by atoms with Crippen molar-refractivity contribution in [2.24, 2.45) is 5.73 Å². The number of benzene rings is 1. The van der Waals surface area contributed by atoms with Gasteiger partial charge in [0.1, 0.15) is 11.6 Å². The third-order valence-corrected chi connectivity index (χ3v) is 2.39. The van der Waals surface area contributed by atoms with Crippen LogP contribution >= 0.6 is 0 Å². The normalized spacial score (nSPS) is 14.1. The summed E-state index contributed by atoms with van der Waals surface area (Å²) in [5, 5.41) is 0. The molecule has 0 aliphatic heterocycles. The van der Waals surface area contributed by atoms with E-state index in [1.165, 1.54) is 13.2 Å². The molecule has 1 aromatic carbocycles. The van der Waals surface area contributed by atoms with Crippen LogP contribution in [0.5, 0.6) is 0 Å². The van der Waals surface area contributed by atoms with Crippen molar-refractivity contribution < 1.29 is 22.3 Å². The Hall–Kier alpha value is -1.60. The van der Waals surface area contributed by atoms with E-state index in [9.17, 15) is 13.2 Å². The molecule has 7 heteroatoms. The van der Waals surface area contributed by atoms with Gasteiger partial charge in [-0.05, 0) is 18.2 Å². The van der Waals surface area contributed by atoms with Gasteiger partial charge in [-0.1, -0.05) is 0 Å². The molecule has 0 saturated carbocycles. The van der Waals surface area contributed by atoms with Gasteiger partial charge in [0.2, 0.25) is 5.89 Å². The van der Waals surface area contributed by atoms with Crippen LogP contribution in [0.15, 0.2) is 22.6 Å². The van der Waals surface area contributed by atoms with Gasteiger partial charge in [0, 0.05) is 7.11 Å². The minimum atomic E-state index is -4.40. The first kappa shape index (κ1) is 12.8. The lowest BCUT2D eigenvalue weighted by atomic mass is 10.2. The number of hydrogen-bond acceptors (Lipinski definition) is 4. The van der Waals surface area contributed by atoms with Gasteiger partial charge in [-0.2, -0.15) is 13.2 Å². The summed E-state index contributed by atoms with van der Waals surface area (Å²) in [5.41, 5.74) is 5.32. The largest absolute Gasteiger partial charge is 0.439 e. The molecule has 98 valence electrons. The topological polar surface area (TPSA) is 61.3 Å². The SMILES string of the molecule is COCC(N)c1nc2cc(C(F)(F)F)ccc2o1. The van der Waals surface area contributed by atoms with Gasteiger partial charge >= 0.3 is 6.18 Å². The van der Waals surface area contributed by atoms with Crippen LogP contribution < -0.4 is 5.73 Å². The highest BCUT2D eigenvalue weighted by molar-refractivity contribution is 5.73. The number of rotatable bonds is 3. The minimum Gasteiger partial charge on any atom is -0.439 e. The van der Waals surface area contributed by atoms with Gasteiger partial charge in [-0.25, -0.2) is 4.98 Å². The van der Waals surface area contributed by atoms with Crippen molar-refractivity contribution in [1.29, 1.82) is 0 Å². The molecule has 2 aromatic rings. The Morgan fingerprint density at radius 2 is 2.17 bits per heavy atom. The molecule has 2 N–H and O–H groups in total. The lowest BCUT2D eigenvalue weighted by Crippen LogP contribution is -2.16. The van der Waals surface area contributed by atoms with Crippen LogP contribution in [0.25, 0.3) is 11.1 Å². The van der Waals surface area contributed by atoms with E-state index in [-0.39, 0.29) is 23.6 Å². The first-order valence-electron chi connectivity index (χ1n) is 5.14. The number of nitrogens with two attached hydrogens (primary N) is 1. The smallest absolute Gasteiger partial charge is 0.416 e. The number of ether oxygens (including phenoxy) is 1. The number of halogens is 3. The Kier molecular flexibility index (Phi) is 3.27. The lowest BCUT2D eigenvalue weighted by molar-refractivity contribution is -0.137. The number of nitrogens with zero attached hydrogens (tertiary/aromatic N) is 1. The maximum Gasteiger partial charge on any atom is 0.416 e. The van der Waals surface area contributed by atoms with Crippen LogP contribution in [0.1, 0.15) is 17.5 Å². The molecule has 1 aromatic heterocycles. The first-order chi connectivity index (χ1) is 8.41. The minimum absolute atomic E-state index is 0.131. The molecule has 1 atom stereocenters. The second-order valence-electron chi connectivity index (χ2n) is 3.79. The van der Waals surface area contributed by atoms with E-state index in [1.807, 2.05) is 0 Å². The van der Waals surface area contributed by atoms with Gasteiger partial charge in [-0.15, -0.1) is 0 Å². The molecule has 0 amide bonds. The van der Waals surface area contributed by atoms with E-state index in [1.54, 1.807) is 0 Å². The summed E-state index contributed by atoms with van der Waals surface area (Å²) in [6.45, 7) is 0.180. The number of oxazole rings is 1. The summed E-state index contributed by atoms with van der Waals surface area (Å²) in [4.78, 5) is 3.93. The second kappa shape index (κ2) is 4.58. The lowest BCUT2D eigenvalue weighted by Gasteiger charge is -2.04. The molecule has 4 nitrogen and oxygen atoms in total. The molecule has 0 aliphatic rings. The summed E-state index contributed by atoms with van der Waals surface area (Å²) in [6.07, 6.45) is -4.40. The molecule has 0 aliphatic carbocycles. The van der Waals surface area contributed by atoms with Gasteiger partial charge in [0.05, 0.1) is 12.2 Å². The molecule has 1 heterocycles. The average Bonchev–Trinajstić information content (AvgIpc) is 2.70. The number of hydrogen-bond donors (Lipinski definition) is 1. The first-order valence-corrected chi connectivity index (χ1v) is 5.14. The Morgan fingerprint density at radius 3 is 2.78 bits per heavy atom. The van der Waals surface area contributed by atoms with Crippen molar-refractivity contribution in [1.82, 2.24) is 4.98 Å². The predicted molar refractivity (Wildman–Crippen MR) is 57.8 cm³/mol. The van der Waals surface area contributed by atoms with Gasteiger partial charge in [0.15, 0.2) is 5.58 Å². The summed E-state index contributed by atoms with van der Waals surface area (Å²) >= 11 is 0. The van der Waals surface area contributed by atoms with Crippen molar-refractivity contribution >= 4 is 11.1 Å². The van der Waals surface area contributed by atoms with Crippen LogP contribution in [-0.4, -0.2) is 18.7 Å². The van der Waals surface area contributed by atoms with Crippen molar-refractivity contribution in [3.05, 3.63) is 29.7 Å². The van der Waals surface area contributed by atoms with Gasteiger partial charge < -0.3 is 14.9 Å². The highest BCUT2D eigenvalue weighted by Gasteiger charge is 2.31. The van der Waals surface area contributed by atoms with E-state index in [0.29, 0.717) is 0 Å². The molecule has 0 spiro atoms. The molecule has 18 heavy (non-hydrogen) atoms. The van der Waals surface area contributed by atoms with Crippen molar-refractivity contribution in [2.45, 2.75) is 12.2 Å². The monoisotopic (exact) mass is 260 g/mol. The van der Waals surface area contributed by atoms with E-state index in [0.717, 1.165) is 12.1 Å².